The summed E-state index contributed by atoms with van der Waals surface area (Å²) in [7, 11) is -2.16. The molecule has 3 rings (SSSR count). The molecule has 6 heteroatoms. The van der Waals surface area contributed by atoms with Gasteiger partial charge in [0.25, 0.3) is 10.0 Å². The molecule has 2 aromatic rings. The number of likely N-dealkylation sites (N-methyl/N-ethyl adjacent to an activating group) is 1. The summed E-state index contributed by atoms with van der Waals surface area (Å²) in [4.78, 5) is 14.2. The highest BCUT2D eigenvalue weighted by Crippen LogP contribution is 2.39. The van der Waals surface area contributed by atoms with E-state index in [1.165, 1.54) is 9.21 Å². The summed E-state index contributed by atoms with van der Waals surface area (Å²) in [6.45, 7) is 5.42. The van der Waals surface area contributed by atoms with E-state index in [9.17, 15) is 13.2 Å². The third-order valence-corrected chi connectivity index (χ3v) is 6.25. The zero-order chi connectivity index (χ0) is 17.6. The van der Waals surface area contributed by atoms with Crippen molar-refractivity contribution in [3.05, 3.63) is 53.6 Å². The number of amides is 1. The standard InChI is InChI=1S/C18H20N2O3S/c1-12-5-8-15(9-6-12)24(22,23)20-14(3)18(21)19(4)16-10-7-13(2)11-17(16)20/h5-11,14H,1-4H3/t14-/m0/s1. The molecule has 0 radical (unpaired) electrons. The molecule has 0 fully saturated rings. The summed E-state index contributed by atoms with van der Waals surface area (Å²) in [5.74, 6) is -0.248. The third kappa shape index (κ3) is 2.47. The van der Waals surface area contributed by atoms with Crippen molar-refractivity contribution >= 4 is 27.3 Å². The van der Waals surface area contributed by atoms with E-state index in [2.05, 4.69) is 0 Å². The van der Waals surface area contributed by atoms with E-state index in [-0.39, 0.29) is 10.8 Å². The smallest absolute Gasteiger partial charge is 0.265 e. The molecule has 0 bridgehead atoms. The predicted octanol–water partition coefficient (Wildman–Crippen LogP) is 2.86. The van der Waals surface area contributed by atoms with Crippen molar-refractivity contribution < 1.29 is 13.2 Å². The lowest BCUT2D eigenvalue weighted by atomic mass is 10.1. The lowest BCUT2D eigenvalue weighted by Crippen LogP contribution is -2.53. The molecular formula is C18H20N2O3S. The Hall–Kier alpha value is -2.34. The van der Waals surface area contributed by atoms with E-state index in [1.807, 2.05) is 19.9 Å². The van der Waals surface area contributed by atoms with Gasteiger partial charge >= 0.3 is 0 Å². The number of anilines is 2. The Balaban J connectivity index is 2.22. The predicted molar refractivity (Wildman–Crippen MR) is 94.9 cm³/mol. The Labute approximate surface area is 142 Å². The van der Waals surface area contributed by atoms with Crippen molar-refractivity contribution in [1.82, 2.24) is 0 Å². The molecule has 0 spiro atoms. The van der Waals surface area contributed by atoms with Gasteiger partial charge in [-0.15, -0.1) is 0 Å². The molecule has 0 saturated heterocycles. The number of hydrogen-bond acceptors (Lipinski definition) is 3. The number of rotatable bonds is 2. The number of fused-ring (bicyclic) bond motifs is 1. The summed E-state index contributed by atoms with van der Waals surface area (Å²) in [6, 6.07) is 11.3. The van der Waals surface area contributed by atoms with Crippen molar-refractivity contribution in [2.45, 2.75) is 31.7 Å². The second kappa shape index (κ2) is 5.63. The van der Waals surface area contributed by atoms with Gasteiger partial charge < -0.3 is 4.90 Å². The molecule has 0 saturated carbocycles. The van der Waals surface area contributed by atoms with Gasteiger partial charge in [0.15, 0.2) is 0 Å². The number of aryl methyl sites for hydroxylation is 2. The van der Waals surface area contributed by atoms with Crippen molar-refractivity contribution in [3.8, 4) is 0 Å². The second-order valence-electron chi connectivity index (χ2n) is 6.18. The van der Waals surface area contributed by atoms with Crippen LogP contribution >= 0.6 is 0 Å². The molecule has 24 heavy (non-hydrogen) atoms. The van der Waals surface area contributed by atoms with Crippen molar-refractivity contribution in [3.63, 3.8) is 0 Å². The Morgan fingerprint density at radius 3 is 2.12 bits per heavy atom. The van der Waals surface area contributed by atoms with Crippen LogP contribution in [0.15, 0.2) is 47.4 Å². The number of sulfonamides is 1. The van der Waals surface area contributed by atoms with Gasteiger partial charge in [-0.05, 0) is 50.6 Å². The lowest BCUT2D eigenvalue weighted by molar-refractivity contribution is -0.119. The van der Waals surface area contributed by atoms with E-state index in [0.717, 1.165) is 11.1 Å². The van der Waals surface area contributed by atoms with Crippen LogP contribution in [0.1, 0.15) is 18.1 Å². The molecule has 5 nitrogen and oxygen atoms in total. The second-order valence-corrected chi connectivity index (χ2v) is 7.99. The van der Waals surface area contributed by atoms with Crippen LogP contribution in [0.25, 0.3) is 0 Å². The van der Waals surface area contributed by atoms with Gasteiger partial charge in [0.05, 0.1) is 16.3 Å². The molecule has 1 heterocycles. The summed E-state index contributed by atoms with van der Waals surface area (Å²) in [5, 5.41) is 0. The molecule has 1 aliphatic rings. The number of benzene rings is 2. The summed E-state index contributed by atoms with van der Waals surface area (Å²) in [5.41, 5.74) is 3.05. The fraction of sp³-hybridized carbons (Fsp3) is 0.278. The van der Waals surface area contributed by atoms with Gasteiger partial charge in [0, 0.05) is 7.05 Å². The average molecular weight is 344 g/mol. The highest BCUT2D eigenvalue weighted by Gasteiger charge is 2.40. The minimum absolute atomic E-state index is 0.185. The third-order valence-electron chi connectivity index (χ3n) is 4.35. The Kier molecular flexibility index (Phi) is 3.87. The Morgan fingerprint density at radius 2 is 1.50 bits per heavy atom. The summed E-state index contributed by atoms with van der Waals surface area (Å²) >= 11 is 0. The molecule has 0 unspecified atom stereocenters. The SMILES string of the molecule is Cc1ccc(S(=O)(=O)N2c3cc(C)ccc3N(C)C(=O)[C@@H]2C)cc1. The Bertz CT molecular complexity index is 904. The van der Waals surface area contributed by atoms with E-state index in [0.29, 0.717) is 11.4 Å². The molecular weight excluding hydrogens is 324 g/mol. The topological polar surface area (TPSA) is 57.7 Å². The quantitative estimate of drug-likeness (QED) is 0.842. The molecule has 0 aliphatic carbocycles. The number of hydrogen-bond donors (Lipinski definition) is 0. The minimum atomic E-state index is -3.83. The van der Waals surface area contributed by atoms with Gasteiger partial charge in [0.1, 0.15) is 6.04 Å². The maximum atomic E-state index is 13.2. The van der Waals surface area contributed by atoms with Crippen LogP contribution in [0.3, 0.4) is 0 Å². The lowest BCUT2D eigenvalue weighted by Gasteiger charge is -2.39. The first-order valence-corrected chi connectivity index (χ1v) is 9.17. The molecule has 1 amide bonds. The number of carbonyl (C=O) groups is 1. The monoisotopic (exact) mass is 344 g/mol. The van der Waals surface area contributed by atoms with Crippen molar-refractivity contribution in [1.29, 1.82) is 0 Å². The van der Waals surface area contributed by atoms with Crippen molar-refractivity contribution in [2.24, 2.45) is 0 Å². The van der Waals surface area contributed by atoms with Crippen LogP contribution in [-0.4, -0.2) is 27.4 Å². The summed E-state index contributed by atoms with van der Waals surface area (Å²) in [6.07, 6.45) is 0. The largest absolute Gasteiger partial charge is 0.312 e. The minimum Gasteiger partial charge on any atom is -0.312 e. The van der Waals surface area contributed by atoms with E-state index in [4.69, 9.17) is 0 Å². The van der Waals surface area contributed by atoms with Crippen molar-refractivity contribution in [2.75, 3.05) is 16.3 Å². The highest BCUT2D eigenvalue weighted by molar-refractivity contribution is 7.93. The van der Waals surface area contributed by atoms with Crippen LogP contribution in [0, 0.1) is 13.8 Å². The van der Waals surface area contributed by atoms with Crippen LogP contribution in [0.4, 0.5) is 11.4 Å². The molecule has 0 N–H and O–H groups in total. The van der Waals surface area contributed by atoms with E-state index in [1.54, 1.807) is 50.4 Å². The van der Waals surface area contributed by atoms with Gasteiger partial charge in [-0.3, -0.25) is 9.10 Å². The Morgan fingerprint density at radius 1 is 0.917 bits per heavy atom. The highest BCUT2D eigenvalue weighted by atomic mass is 32.2. The maximum Gasteiger partial charge on any atom is 0.265 e. The van der Waals surface area contributed by atoms with Crippen LogP contribution in [0.5, 0.6) is 0 Å². The average Bonchev–Trinajstić information content (AvgIpc) is 2.53. The molecule has 1 aliphatic heterocycles. The number of carbonyl (C=O) groups excluding carboxylic acids is 1. The first-order valence-electron chi connectivity index (χ1n) is 7.73. The normalized spacial score (nSPS) is 17.8. The van der Waals surface area contributed by atoms with Gasteiger partial charge in [-0.2, -0.15) is 0 Å². The van der Waals surface area contributed by atoms with E-state index >= 15 is 0 Å². The van der Waals surface area contributed by atoms with Crippen LogP contribution < -0.4 is 9.21 Å². The summed E-state index contributed by atoms with van der Waals surface area (Å²) < 4.78 is 27.6. The fourth-order valence-electron chi connectivity index (χ4n) is 2.96. The zero-order valence-electron chi connectivity index (χ0n) is 14.1. The zero-order valence-corrected chi connectivity index (χ0v) is 15.0. The number of nitrogens with zero attached hydrogens (tertiary/aromatic N) is 2. The fourth-order valence-corrected chi connectivity index (χ4v) is 4.58. The van der Waals surface area contributed by atoms with Gasteiger partial charge in [-0.1, -0.05) is 23.8 Å². The molecule has 2 aromatic carbocycles. The maximum absolute atomic E-state index is 13.2. The van der Waals surface area contributed by atoms with Crippen LogP contribution in [0.2, 0.25) is 0 Å². The first-order chi connectivity index (χ1) is 11.2. The molecule has 126 valence electrons. The van der Waals surface area contributed by atoms with E-state index < -0.39 is 16.1 Å². The molecule has 0 aromatic heterocycles. The first kappa shape index (κ1) is 16.5. The molecule has 1 atom stereocenters. The van der Waals surface area contributed by atoms with Gasteiger partial charge in [-0.25, -0.2) is 8.42 Å². The van der Waals surface area contributed by atoms with Crippen LogP contribution in [-0.2, 0) is 14.8 Å². The van der Waals surface area contributed by atoms with Gasteiger partial charge in [0.2, 0.25) is 5.91 Å².